The number of carbonyl (C=O) groups excluding carboxylic acids is 1. The number of rotatable bonds is 2. The van der Waals surface area contributed by atoms with Gasteiger partial charge in [0, 0.05) is 11.1 Å². The molecular formula is C13H15ClFNO2. The molecule has 0 aromatic heterocycles. The van der Waals surface area contributed by atoms with Gasteiger partial charge in [0.05, 0.1) is 13.0 Å². The number of esters is 1. The summed E-state index contributed by atoms with van der Waals surface area (Å²) in [6.07, 6.45) is 1.38. The van der Waals surface area contributed by atoms with Gasteiger partial charge in [0.25, 0.3) is 0 Å². The van der Waals surface area contributed by atoms with Gasteiger partial charge in [-0.15, -0.1) is 0 Å². The summed E-state index contributed by atoms with van der Waals surface area (Å²) in [5.41, 5.74) is 0.826. The number of benzene rings is 1. The first-order chi connectivity index (χ1) is 8.61. The van der Waals surface area contributed by atoms with E-state index in [0.717, 1.165) is 18.5 Å². The van der Waals surface area contributed by atoms with Crippen molar-refractivity contribution < 1.29 is 13.9 Å². The smallest absolute Gasteiger partial charge is 0.308 e. The van der Waals surface area contributed by atoms with Crippen LogP contribution in [-0.2, 0) is 9.53 Å². The third kappa shape index (κ3) is 2.82. The Balaban J connectivity index is 2.15. The molecule has 2 unspecified atom stereocenters. The Labute approximate surface area is 110 Å². The lowest BCUT2D eigenvalue weighted by molar-refractivity contribution is -0.146. The van der Waals surface area contributed by atoms with E-state index < -0.39 is 0 Å². The van der Waals surface area contributed by atoms with Gasteiger partial charge in [-0.3, -0.25) is 4.79 Å². The molecule has 1 aliphatic rings. The van der Waals surface area contributed by atoms with E-state index >= 15 is 0 Å². The summed E-state index contributed by atoms with van der Waals surface area (Å²) in [6, 6.07) is 4.30. The van der Waals surface area contributed by atoms with E-state index in [9.17, 15) is 9.18 Å². The monoisotopic (exact) mass is 271 g/mol. The summed E-state index contributed by atoms with van der Waals surface area (Å²) in [5.74, 6) is -0.675. The Bertz CT molecular complexity index is 453. The average Bonchev–Trinajstić information content (AvgIpc) is 2.38. The van der Waals surface area contributed by atoms with E-state index in [4.69, 9.17) is 16.3 Å². The Morgan fingerprint density at radius 1 is 1.56 bits per heavy atom. The normalized spacial score (nSPS) is 23.7. The first-order valence-corrected chi connectivity index (χ1v) is 6.25. The number of ether oxygens (including phenoxy) is 1. The summed E-state index contributed by atoms with van der Waals surface area (Å²) in [7, 11) is 1.39. The number of hydrogen-bond acceptors (Lipinski definition) is 3. The van der Waals surface area contributed by atoms with Crippen molar-refractivity contribution in [2.45, 2.75) is 18.9 Å². The van der Waals surface area contributed by atoms with Gasteiger partial charge in [0.15, 0.2) is 0 Å². The maximum absolute atomic E-state index is 13.0. The highest BCUT2D eigenvalue weighted by Crippen LogP contribution is 2.32. The molecule has 1 aromatic carbocycles. The second-order valence-electron chi connectivity index (χ2n) is 4.42. The molecule has 1 aromatic rings. The fourth-order valence-electron chi connectivity index (χ4n) is 2.32. The van der Waals surface area contributed by atoms with Crippen molar-refractivity contribution in [1.82, 2.24) is 5.32 Å². The van der Waals surface area contributed by atoms with E-state index in [1.54, 1.807) is 6.07 Å². The number of methoxy groups -OCH3 is 1. The highest BCUT2D eigenvalue weighted by atomic mass is 35.5. The van der Waals surface area contributed by atoms with Crippen molar-refractivity contribution in [1.29, 1.82) is 0 Å². The maximum atomic E-state index is 13.0. The van der Waals surface area contributed by atoms with Crippen molar-refractivity contribution in [3.8, 4) is 0 Å². The zero-order chi connectivity index (χ0) is 13.1. The highest BCUT2D eigenvalue weighted by molar-refractivity contribution is 6.31. The van der Waals surface area contributed by atoms with Gasteiger partial charge in [0.2, 0.25) is 0 Å². The number of carbonyl (C=O) groups is 1. The van der Waals surface area contributed by atoms with Crippen LogP contribution in [0.4, 0.5) is 4.39 Å². The molecule has 1 fully saturated rings. The van der Waals surface area contributed by atoms with Crippen molar-refractivity contribution in [3.05, 3.63) is 34.6 Å². The van der Waals surface area contributed by atoms with Gasteiger partial charge >= 0.3 is 5.97 Å². The molecule has 0 radical (unpaired) electrons. The van der Waals surface area contributed by atoms with Gasteiger partial charge in [-0.05, 0) is 37.1 Å². The molecule has 3 nitrogen and oxygen atoms in total. The van der Waals surface area contributed by atoms with Crippen LogP contribution in [0.1, 0.15) is 24.4 Å². The summed E-state index contributed by atoms with van der Waals surface area (Å²) in [5, 5.41) is 3.68. The molecule has 1 saturated heterocycles. The molecule has 2 rings (SSSR count). The molecule has 2 atom stereocenters. The van der Waals surface area contributed by atoms with Crippen molar-refractivity contribution in [2.24, 2.45) is 5.92 Å². The maximum Gasteiger partial charge on any atom is 0.308 e. The molecule has 0 saturated carbocycles. The van der Waals surface area contributed by atoms with Crippen LogP contribution in [0, 0.1) is 11.7 Å². The molecular weight excluding hydrogens is 257 g/mol. The molecule has 98 valence electrons. The zero-order valence-corrected chi connectivity index (χ0v) is 10.8. The molecule has 0 aliphatic carbocycles. The van der Waals surface area contributed by atoms with Crippen LogP contribution in [0.5, 0.6) is 0 Å². The third-order valence-corrected chi connectivity index (χ3v) is 3.60. The predicted molar refractivity (Wildman–Crippen MR) is 66.9 cm³/mol. The molecule has 0 amide bonds. The van der Waals surface area contributed by atoms with Crippen LogP contribution in [0.3, 0.4) is 0 Å². The van der Waals surface area contributed by atoms with E-state index in [-0.39, 0.29) is 23.7 Å². The number of halogens is 2. The Morgan fingerprint density at radius 3 is 3.00 bits per heavy atom. The lowest BCUT2D eigenvalue weighted by atomic mass is 9.89. The van der Waals surface area contributed by atoms with Gasteiger partial charge in [-0.2, -0.15) is 0 Å². The van der Waals surface area contributed by atoms with Crippen LogP contribution in [-0.4, -0.2) is 19.6 Å². The quantitative estimate of drug-likeness (QED) is 0.841. The van der Waals surface area contributed by atoms with Crippen LogP contribution < -0.4 is 5.32 Å². The number of nitrogens with one attached hydrogen (secondary N) is 1. The number of hydrogen-bond donors (Lipinski definition) is 1. The van der Waals surface area contributed by atoms with E-state index in [0.29, 0.717) is 11.4 Å². The van der Waals surface area contributed by atoms with Crippen LogP contribution in [0.15, 0.2) is 18.2 Å². The zero-order valence-electron chi connectivity index (χ0n) is 10.1. The van der Waals surface area contributed by atoms with E-state index in [1.165, 1.54) is 19.2 Å². The minimum Gasteiger partial charge on any atom is -0.469 e. The third-order valence-electron chi connectivity index (χ3n) is 3.28. The Hall–Kier alpha value is -1.13. The van der Waals surface area contributed by atoms with Gasteiger partial charge in [-0.25, -0.2) is 4.39 Å². The molecule has 1 aliphatic heterocycles. The molecule has 5 heteroatoms. The summed E-state index contributed by atoms with van der Waals surface area (Å²) < 4.78 is 17.8. The molecule has 0 spiro atoms. The summed E-state index contributed by atoms with van der Waals surface area (Å²) >= 11 is 6.03. The van der Waals surface area contributed by atoms with Crippen LogP contribution >= 0.6 is 11.6 Å². The molecule has 18 heavy (non-hydrogen) atoms. The highest BCUT2D eigenvalue weighted by Gasteiger charge is 2.29. The molecule has 0 bridgehead atoms. The molecule has 1 N–H and O–H groups in total. The standard InChI is InChI=1S/C13H15ClFNO2/c1-18-13(17)8-4-5-16-12(6-8)10-3-2-9(15)7-11(10)14/h2-3,7-8,12,16H,4-6H2,1H3. The lowest BCUT2D eigenvalue weighted by Gasteiger charge is -2.29. The van der Waals surface area contributed by atoms with Crippen LogP contribution in [0.2, 0.25) is 5.02 Å². The second-order valence-corrected chi connectivity index (χ2v) is 4.82. The second kappa shape index (κ2) is 5.67. The summed E-state index contributed by atoms with van der Waals surface area (Å²) in [6.45, 7) is 0.720. The first kappa shape index (κ1) is 13.3. The number of piperidine rings is 1. The Morgan fingerprint density at radius 2 is 2.33 bits per heavy atom. The SMILES string of the molecule is COC(=O)C1CCNC(c2ccc(F)cc2Cl)C1. The average molecular weight is 272 g/mol. The predicted octanol–water partition coefficient (Wildman–Crippen LogP) is 2.69. The largest absolute Gasteiger partial charge is 0.469 e. The first-order valence-electron chi connectivity index (χ1n) is 5.88. The Kier molecular flexibility index (Phi) is 4.19. The minimum atomic E-state index is -0.357. The van der Waals surface area contributed by atoms with Crippen LogP contribution in [0.25, 0.3) is 0 Å². The van der Waals surface area contributed by atoms with Crippen molar-refractivity contribution in [2.75, 3.05) is 13.7 Å². The minimum absolute atomic E-state index is 0.0315. The van der Waals surface area contributed by atoms with E-state index in [1.807, 2.05) is 0 Å². The van der Waals surface area contributed by atoms with Gasteiger partial charge in [-0.1, -0.05) is 17.7 Å². The molecule has 1 heterocycles. The summed E-state index contributed by atoms with van der Waals surface area (Å²) in [4.78, 5) is 11.5. The van der Waals surface area contributed by atoms with Crippen molar-refractivity contribution >= 4 is 17.6 Å². The van der Waals surface area contributed by atoms with Gasteiger partial charge < -0.3 is 10.1 Å². The van der Waals surface area contributed by atoms with Gasteiger partial charge in [0.1, 0.15) is 5.82 Å². The van der Waals surface area contributed by atoms with E-state index in [2.05, 4.69) is 5.32 Å². The van der Waals surface area contributed by atoms with Crippen molar-refractivity contribution in [3.63, 3.8) is 0 Å². The lowest BCUT2D eigenvalue weighted by Crippen LogP contribution is -2.35. The topological polar surface area (TPSA) is 38.3 Å². The fraction of sp³-hybridized carbons (Fsp3) is 0.462. The fourth-order valence-corrected chi connectivity index (χ4v) is 2.62.